The van der Waals surface area contributed by atoms with Gasteiger partial charge in [-0.3, -0.25) is 0 Å². The zero-order valence-corrected chi connectivity index (χ0v) is 15.1. The predicted octanol–water partition coefficient (Wildman–Crippen LogP) is 4.04. The van der Waals surface area contributed by atoms with Gasteiger partial charge in [0.1, 0.15) is 23.5 Å². The van der Waals surface area contributed by atoms with Crippen LogP contribution in [-0.2, 0) is 14.3 Å². The van der Waals surface area contributed by atoms with Crippen molar-refractivity contribution in [2.24, 2.45) is 0 Å². The summed E-state index contributed by atoms with van der Waals surface area (Å²) in [5, 5.41) is 9.95. The normalized spacial score (nSPS) is 12.7. The molecule has 3 rings (SSSR count). The van der Waals surface area contributed by atoms with Crippen molar-refractivity contribution in [1.29, 1.82) is 5.26 Å². The Bertz CT molecular complexity index is 963. The Kier molecular flexibility index (Phi) is 5.46. The Morgan fingerprint density at radius 1 is 1.38 bits per heavy atom. The Hall–Kier alpha value is -2.95. The number of nitriles is 1. The van der Waals surface area contributed by atoms with Gasteiger partial charge < -0.3 is 13.9 Å². The van der Waals surface area contributed by atoms with Crippen molar-refractivity contribution in [2.75, 3.05) is 13.7 Å². The molecule has 0 fully saturated rings. The van der Waals surface area contributed by atoms with Crippen LogP contribution in [0.3, 0.4) is 0 Å². The Morgan fingerprint density at radius 3 is 2.92 bits per heavy atom. The van der Waals surface area contributed by atoms with Crippen LogP contribution in [-0.4, -0.2) is 30.8 Å². The molecule has 0 aliphatic rings. The topological polar surface area (TPSA) is 85.4 Å². The molecule has 132 valence electrons. The second kappa shape index (κ2) is 7.95. The SMILES string of the molecule is COC[C@H](C)OC(=O)/C(C#N)=C/c1ccc(-c2nc3ccccc3s2)o1. The summed E-state index contributed by atoms with van der Waals surface area (Å²) in [5.74, 6) is 0.248. The van der Waals surface area contributed by atoms with E-state index in [4.69, 9.17) is 13.9 Å². The number of hydrogen-bond donors (Lipinski definition) is 0. The van der Waals surface area contributed by atoms with E-state index in [0.29, 0.717) is 11.5 Å². The Labute approximate surface area is 154 Å². The predicted molar refractivity (Wildman–Crippen MR) is 98.3 cm³/mol. The van der Waals surface area contributed by atoms with Crippen molar-refractivity contribution in [1.82, 2.24) is 4.98 Å². The zero-order chi connectivity index (χ0) is 18.5. The van der Waals surface area contributed by atoms with Gasteiger partial charge in [0.2, 0.25) is 0 Å². The van der Waals surface area contributed by atoms with Gasteiger partial charge in [-0.2, -0.15) is 5.26 Å². The molecule has 0 radical (unpaired) electrons. The number of fused-ring (bicyclic) bond motifs is 1. The molecule has 2 heterocycles. The van der Waals surface area contributed by atoms with Gasteiger partial charge in [-0.05, 0) is 31.2 Å². The zero-order valence-electron chi connectivity index (χ0n) is 14.3. The summed E-state index contributed by atoms with van der Waals surface area (Å²) in [7, 11) is 1.51. The van der Waals surface area contributed by atoms with E-state index in [1.165, 1.54) is 24.5 Å². The number of carbonyl (C=O) groups is 1. The van der Waals surface area contributed by atoms with Crippen LogP contribution in [0, 0.1) is 11.3 Å². The minimum Gasteiger partial charge on any atom is -0.456 e. The van der Waals surface area contributed by atoms with Crippen LogP contribution in [0.25, 0.3) is 27.1 Å². The van der Waals surface area contributed by atoms with E-state index in [2.05, 4.69) is 4.98 Å². The third kappa shape index (κ3) is 3.99. The van der Waals surface area contributed by atoms with E-state index in [-0.39, 0.29) is 12.2 Å². The number of carbonyl (C=O) groups excluding carboxylic acids is 1. The summed E-state index contributed by atoms with van der Waals surface area (Å²) < 4.78 is 16.8. The van der Waals surface area contributed by atoms with Crippen molar-refractivity contribution in [3.8, 4) is 16.8 Å². The van der Waals surface area contributed by atoms with Crippen LogP contribution in [0.5, 0.6) is 0 Å². The number of furan rings is 1. The molecule has 26 heavy (non-hydrogen) atoms. The third-order valence-electron chi connectivity index (χ3n) is 3.47. The lowest BCUT2D eigenvalue weighted by atomic mass is 10.2. The molecule has 0 aliphatic heterocycles. The van der Waals surface area contributed by atoms with Gasteiger partial charge in [-0.25, -0.2) is 9.78 Å². The fraction of sp³-hybridized carbons (Fsp3) is 0.211. The summed E-state index contributed by atoms with van der Waals surface area (Å²) in [6, 6.07) is 13.1. The molecular weight excluding hydrogens is 352 g/mol. The lowest BCUT2D eigenvalue weighted by Gasteiger charge is -2.11. The highest BCUT2D eigenvalue weighted by Gasteiger charge is 2.16. The summed E-state index contributed by atoms with van der Waals surface area (Å²) in [6.45, 7) is 1.95. The monoisotopic (exact) mass is 368 g/mol. The number of thiazole rings is 1. The molecule has 0 saturated carbocycles. The quantitative estimate of drug-likeness (QED) is 0.371. The van der Waals surface area contributed by atoms with Gasteiger partial charge >= 0.3 is 5.97 Å². The Morgan fingerprint density at radius 2 is 2.19 bits per heavy atom. The number of esters is 1. The van der Waals surface area contributed by atoms with Gasteiger partial charge in [0.15, 0.2) is 10.8 Å². The molecule has 1 atom stereocenters. The summed E-state index contributed by atoms with van der Waals surface area (Å²) >= 11 is 1.51. The average molecular weight is 368 g/mol. The van der Waals surface area contributed by atoms with E-state index in [9.17, 15) is 10.1 Å². The first kappa shape index (κ1) is 17.9. The lowest BCUT2D eigenvalue weighted by molar-refractivity contribution is -0.145. The van der Waals surface area contributed by atoms with Gasteiger partial charge in [0, 0.05) is 13.2 Å². The van der Waals surface area contributed by atoms with E-state index in [1.807, 2.05) is 30.3 Å². The fourth-order valence-corrected chi connectivity index (χ4v) is 3.24. The molecule has 0 spiro atoms. The molecule has 3 aromatic rings. The number of nitrogens with zero attached hydrogens (tertiary/aromatic N) is 2. The number of para-hydroxylation sites is 1. The van der Waals surface area contributed by atoms with E-state index in [1.54, 1.807) is 19.1 Å². The molecule has 0 amide bonds. The second-order valence-corrected chi connectivity index (χ2v) is 6.56. The number of aromatic nitrogens is 1. The third-order valence-corrected chi connectivity index (χ3v) is 4.52. The van der Waals surface area contributed by atoms with Crippen LogP contribution in [0.4, 0.5) is 0 Å². The number of methoxy groups -OCH3 is 1. The molecule has 7 heteroatoms. The maximum atomic E-state index is 12.0. The summed E-state index contributed by atoms with van der Waals surface area (Å²) in [6.07, 6.45) is 0.915. The van der Waals surface area contributed by atoms with Gasteiger partial charge in [-0.15, -0.1) is 11.3 Å². The smallest absolute Gasteiger partial charge is 0.349 e. The van der Waals surface area contributed by atoms with Crippen LogP contribution < -0.4 is 0 Å². The number of benzene rings is 1. The number of rotatable bonds is 6. The molecule has 1 aromatic carbocycles. The van der Waals surface area contributed by atoms with Crippen LogP contribution in [0.1, 0.15) is 12.7 Å². The maximum Gasteiger partial charge on any atom is 0.349 e. The first-order valence-corrected chi connectivity index (χ1v) is 8.70. The minimum absolute atomic E-state index is 0.141. The van der Waals surface area contributed by atoms with Gasteiger partial charge in [0.25, 0.3) is 0 Å². The molecule has 0 N–H and O–H groups in total. The average Bonchev–Trinajstić information content (AvgIpc) is 3.26. The summed E-state index contributed by atoms with van der Waals surface area (Å²) in [4.78, 5) is 16.6. The molecule has 0 saturated heterocycles. The fourth-order valence-electron chi connectivity index (χ4n) is 2.32. The number of ether oxygens (including phenoxy) is 2. The van der Waals surface area contributed by atoms with Gasteiger partial charge in [-0.1, -0.05) is 12.1 Å². The first-order chi connectivity index (χ1) is 12.6. The molecule has 6 nitrogen and oxygen atoms in total. The van der Waals surface area contributed by atoms with E-state index >= 15 is 0 Å². The lowest BCUT2D eigenvalue weighted by Crippen LogP contribution is -2.20. The first-order valence-electron chi connectivity index (χ1n) is 7.88. The molecule has 0 unspecified atom stereocenters. The highest BCUT2D eigenvalue weighted by molar-refractivity contribution is 7.21. The van der Waals surface area contributed by atoms with Crippen molar-refractivity contribution in [3.63, 3.8) is 0 Å². The molecule has 0 aliphatic carbocycles. The van der Waals surface area contributed by atoms with E-state index in [0.717, 1.165) is 15.2 Å². The standard InChI is InChI=1S/C19H16N2O4S/c1-12(11-23-2)24-19(22)13(10-20)9-14-7-8-16(25-14)18-21-15-5-3-4-6-17(15)26-18/h3-9,12H,11H2,1-2H3/b13-9+/t12-/m0/s1. The maximum absolute atomic E-state index is 12.0. The highest BCUT2D eigenvalue weighted by Crippen LogP contribution is 2.31. The molecule has 0 bridgehead atoms. The van der Waals surface area contributed by atoms with Crippen LogP contribution in [0.2, 0.25) is 0 Å². The van der Waals surface area contributed by atoms with E-state index < -0.39 is 12.1 Å². The van der Waals surface area contributed by atoms with Gasteiger partial charge in [0.05, 0.1) is 16.8 Å². The molecular formula is C19H16N2O4S. The Balaban J connectivity index is 1.80. The van der Waals surface area contributed by atoms with Crippen LogP contribution in [0.15, 0.2) is 46.4 Å². The molecule has 2 aromatic heterocycles. The van der Waals surface area contributed by atoms with Crippen molar-refractivity contribution in [2.45, 2.75) is 13.0 Å². The van der Waals surface area contributed by atoms with Crippen molar-refractivity contribution >= 4 is 33.6 Å². The highest BCUT2D eigenvalue weighted by atomic mass is 32.1. The second-order valence-electron chi connectivity index (χ2n) is 5.53. The van der Waals surface area contributed by atoms with Crippen molar-refractivity contribution < 1.29 is 18.7 Å². The largest absolute Gasteiger partial charge is 0.456 e. The minimum atomic E-state index is -0.713. The summed E-state index contributed by atoms with van der Waals surface area (Å²) in [5.41, 5.74) is 0.757. The number of hydrogen-bond acceptors (Lipinski definition) is 7. The van der Waals surface area contributed by atoms with Crippen LogP contribution >= 0.6 is 11.3 Å². The van der Waals surface area contributed by atoms with Crippen molar-refractivity contribution in [3.05, 3.63) is 47.7 Å².